The second-order valence-corrected chi connectivity index (χ2v) is 6.14. The molecule has 4 unspecified atom stereocenters. The van der Waals surface area contributed by atoms with E-state index >= 15 is 0 Å². The first-order chi connectivity index (χ1) is 8.15. The van der Waals surface area contributed by atoms with Crippen LogP contribution < -0.4 is 0 Å². The monoisotopic (exact) mass is 230 g/mol. The van der Waals surface area contributed by atoms with Gasteiger partial charge in [0.2, 0.25) is 0 Å². The first-order valence-corrected chi connectivity index (χ1v) is 6.90. The Morgan fingerprint density at radius 2 is 2.00 bits per heavy atom. The lowest BCUT2D eigenvalue weighted by molar-refractivity contribution is 0.0740. The van der Waals surface area contributed by atoms with Crippen LogP contribution in [0, 0.1) is 31.6 Å². The van der Waals surface area contributed by atoms with Crippen LogP contribution in [-0.2, 0) is 0 Å². The SMILES string of the molecule is Cc1ccc(C(O)C2CC3CCC2C3)c(C)c1. The number of benzene rings is 1. The van der Waals surface area contributed by atoms with E-state index in [2.05, 4.69) is 32.0 Å². The number of hydrogen-bond donors (Lipinski definition) is 1. The Morgan fingerprint density at radius 1 is 1.18 bits per heavy atom. The highest BCUT2D eigenvalue weighted by molar-refractivity contribution is 5.32. The largest absolute Gasteiger partial charge is 0.388 e. The molecule has 2 aliphatic rings. The van der Waals surface area contributed by atoms with Gasteiger partial charge in [0, 0.05) is 0 Å². The average Bonchev–Trinajstić information content (AvgIpc) is 2.89. The normalized spacial score (nSPS) is 33.0. The van der Waals surface area contributed by atoms with Crippen LogP contribution >= 0.6 is 0 Å². The summed E-state index contributed by atoms with van der Waals surface area (Å²) in [6.07, 6.45) is 5.13. The molecule has 3 rings (SSSR count). The van der Waals surface area contributed by atoms with Gasteiger partial charge in [0.05, 0.1) is 6.10 Å². The molecule has 17 heavy (non-hydrogen) atoms. The molecular formula is C16H22O. The van der Waals surface area contributed by atoms with Crippen molar-refractivity contribution in [2.24, 2.45) is 17.8 Å². The highest BCUT2D eigenvalue weighted by Crippen LogP contribution is 2.52. The summed E-state index contributed by atoms with van der Waals surface area (Å²) in [4.78, 5) is 0. The molecule has 2 fully saturated rings. The molecule has 2 bridgehead atoms. The van der Waals surface area contributed by atoms with Crippen LogP contribution in [0.1, 0.15) is 48.5 Å². The van der Waals surface area contributed by atoms with Crippen LogP contribution in [-0.4, -0.2) is 5.11 Å². The zero-order chi connectivity index (χ0) is 12.0. The van der Waals surface area contributed by atoms with Gasteiger partial charge in [0.15, 0.2) is 0 Å². The van der Waals surface area contributed by atoms with Gasteiger partial charge in [-0.1, -0.05) is 30.2 Å². The van der Waals surface area contributed by atoms with E-state index < -0.39 is 0 Å². The molecule has 0 aliphatic heterocycles. The molecular weight excluding hydrogens is 208 g/mol. The molecule has 0 heterocycles. The van der Waals surface area contributed by atoms with E-state index in [1.54, 1.807) is 0 Å². The van der Waals surface area contributed by atoms with Crippen molar-refractivity contribution in [2.45, 2.75) is 45.6 Å². The van der Waals surface area contributed by atoms with Crippen molar-refractivity contribution >= 4 is 0 Å². The third kappa shape index (κ3) is 1.91. The van der Waals surface area contributed by atoms with Gasteiger partial charge in [0.1, 0.15) is 0 Å². The Hall–Kier alpha value is -0.820. The highest BCUT2D eigenvalue weighted by atomic mass is 16.3. The van der Waals surface area contributed by atoms with Crippen LogP contribution in [0.15, 0.2) is 18.2 Å². The van der Waals surface area contributed by atoms with Crippen molar-refractivity contribution in [3.63, 3.8) is 0 Å². The van der Waals surface area contributed by atoms with Gasteiger partial charge < -0.3 is 5.11 Å². The van der Waals surface area contributed by atoms with Gasteiger partial charge in [0.25, 0.3) is 0 Å². The van der Waals surface area contributed by atoms with E-state index in [4.69, 9.17) is 0 Å². The number of aryl methyl sites for hydroxylation is 2. The maximum Gasteiger partial charge on any atom is 0.0823 e. The smallest absolute Gasteiger partial charge is 0.0823 e. The lowest BCUT2D eigenvalue weighted by atomic mass is 9.81. The fraction of sp³-hybridized carbons (Fsp3) is 0.625. The molecule has 1 aromatic carbocycles. The Bertz CT molecular complexity index is 424. The lowest BCUT2D eigenvalue weighted by Crippen LogP contribution is -2.19. The zero-order valence-corrected chi connectivity index (χ0v) is 10.8. The second-order valence-electron chi connectivity index (χ2n) is 6.14. The maximum absolute atomic E-state index is 10.6. The minimum atomic E-state index is -0.231. The first kappa shape index (κ1) is 11.3. The van der Waals surface area contributed by atoms with Crippen LogP contribution in [0.5, 0.6) is 0 Å². The molecule has 0 radical (unpaired) electrons. The number of aliphatic hydroxyl groups excluding tert-OH is 1. The highest BCUT2D eigenvalue weighted by Gasteiger charge is 2.43. The standard InChI is InChI=1S/C16H22O/c1-10-3-6-14(11(2)7-10)16(17)15-9-12-4-5-13(15)8-12/h3,6-7,12-13,15-17H,4-5,8-9H2,1-2H3. The van der Waals surface area contributed by atoms with Crippen molar-refractivity contribution in [1.29, 1.82) is 0 Å². The summed E-state index contributed by atoms with van der Waals surface area (Å²) < 4.78 is 0. The maximum atomic E-state index is 10.6. The molecule has 0 saturated heterocycles. The summed E-state index contributed by atoms with van der Waals surface area (Å²) in [5, 5.41) is 10.6. The summed E-state index contributed by atoms with van der Waals surface area (Å²) in [5.74, 6) is 2.22. The van der Waals surface area contributed by atoms with Gasteiger partial charge >= 0.3 is 0 Å². The fourth-order valence-corrected chi connectivity index (χ4v) is 4.07. The van der Waals surface area contributed by atoms with Gasteiger partial charge in [-0.05, 0) is 62.0 Å². The van der Waals surface area contributed by atoms with Crippen molar-refractivity contribution in [2.75, 3.05) is 0 Å². The summed E-state index contributed by atoms with van der Waals surface area (Å²) in [7, 11) is 0. The topological polar surface area (TPSA) is 20.2 Å². The van der Waals surface area contributed by atoms with E-state index in [0.717, 1.165) is 17.4 Å². The van der Waals surface area contributed by atoms with Gasteiger partial charge in [-0.15, -0.1) is 0 Å². The molecule has 2 aliphatic carbocycles. The molecule has 1 heteroatoms. The number of rotatable bonds is 2. The van der Waals surface area contributed by atoms with Crippen LogP contribution in [0.25, 0.3) is 0 Å². The Labute approximate surface area is 104 Å². The second kappa shape index (κ2) is 4.13. The molecule has 1 nitrogen and oxygen atoms in total. The lowest BCUT2D eigenvalue weighted by Gasteiger charge is -2.28. The summed E-state index contributed by atoms with van der Waals surface area (Å²) >= 11 is 0. The Balaban J connectivity index is 1.84. The van der Waals surface area contributed by atoms with Crippen LogP contribution in [0.2, 0.25) is 0 Å². The quantitative estimate of drug-likeness (QED) is 0.820. The van der Waals surface area contributed by atoms with E-state index in [-0.39, 0.29) is 6.10 Å². The molecule has 0 spiro atoms. The van der Waals surface area contributed by atoms with Crippen molar-refractivity contribution in [3.05, 3.63) is 34.9 Å². The Morgan fingerprint density at radius 3 is 2.59 bits per heavy atom. The third-order valence-electron chi connectivity index (χ3n) is 4.94. The van der Waals surface area contributed by atoms with E-state index in [1.807, 2.05) is 0 Å². The van der Waals surface area contributed by atoms with Gasteiger partial charge in [-0.2, -0.15) is 0 Å². The molecule has 0 aromatic heterocycles. The Kier molecular flexibility index (Phi) is 2.74. The average molecular weight is 230 g/mol. The molecule has 0 amide bonds. The van der Waals surface area contributed by atoms with Crippen molar-refractivity contribution in [3.8, 4) is 0 Å². The molecule has 1 aromatic rings. The predicted molar refractivity (Wildman–Crippen MR) is 69.8 cm³/mol. The minimum absolute atomic E-state index is 0.231. The van der Waals surface area contributed by atoms with Crippen LogP contribution in [0.4, 0.5) is 0 Å². The molecule has 2 saturated carbocycles. The predicted octanol–water partition coefficient (Wildman–Crippen LogP) is 3.77. The molecule has 4 atom stereocenters. The number of fused-ring (bicyclic) bond motifs is 2. The zero-order valence-electron chi connectivity index (χ0n) is 10.8. The van der Waals surface area contributed by atoms with Crippen LogP contribution in [0.3, 0.4) is 0 Å². The number of hydrogen-bond acceptors (Lipinski definition) is 1. The van der Waals surface area contributed by atoms with Gasteiger partial charge in [-0.25, -0.2) is 0 Å². The third-order valence-corrected chi connectivity index (χ3v) is 4.94. The van der Waals surface area contributed by atoms with E-state index in [1.165, 1.54) is 36.8 Å². The van der Waals surface area contributed by atoms with E-state index in [0.29, 0.717) is 5.92 Å². The summed E-state index contributed by atoms with van der Waals surface area (Å²) in [6.45, 7) is 4.24. The molecule has 92 valence electrons. The first-order valence-electron chi connectivity index (χ1n) is 6.90. The van der Waals surface area contributed by atoms with Gasteiger partial charge in [-0.3, -0.25) is 0 Å². The van der Waals surface area contributed by atoms with Crippen molar-refractivity contribution in [1.82, 2.24) is 0 Å². The fourth-order valence-electron chi connectivity index (χ4n) is 4.07. The summed E-state index contributed by atoms with van der Waals surface area (Å²) in [5.41, 5.74) is 3.69. The summed E-state index contributed by atoms with van der Waals surface area (Å²) in [6, 6.07) is 6.44. The minimum Gasteiger partial charge on any atom is -0.388 e. The molecule has 1 N–H and O–H groups in total. The van der Waals surface area contributed by atoms with Crippen molar-refractivity contribution < 1.29 is 5.11 Å². The van der Waals surface area contributed by atoms with E-state index in [9.17, 15) is 5.11 Å². The number of aliphatic hydroxyl groups is 1.